The molecular formula is C21H19ClN2O4S. The van der Waals surface area contributed by atoms with Crippen molar-refractivity contribution in [2.75, 3.05) is 17.2 Å². The average Bonchev–Trinajstić information content (AvgIpc) is 3.02. The molecule has 2 aromatic carbocycles. The lowest BCUT2D eigenvalue weighted by atomic mass is 10.0. The van der Waals surface area contributed by atoms with Gasteiger partial charge in [0, 0.05) is 23.2 Å². The second-order valence-corrected chi connectivity index (χ2v) is 9.38. The highest BCUT2D eigenvalue weighted by molar-refractivity contribution is 7.92. The molecule has 6 nitrogen and oxygen atoms in total. The topological polar surface area (TPSA) is 76.6 Å². The van der Waals surface area contributed by atoms with Crippen molar-refractivity contribution in [2.45, 2.75) is 19.4 Å². The number of ether oxygens (including phenoxy) is 1. The molecule has 0 radical (unpaired) electrons. The van der Waals surface area contributed by atoms with Crippen LogP contribution in [-0.4, -0.2) is 38.1 Å². The van der Waals surface area contributed by atoms with Crippen molar-refractivity contribution < 1.29 is 17.9 Å². The average molecular weight is 431 g/mol. The van der Waals surface area contributed by atoms with Crippen LogP contribution in [0.2, 0.25) is 5.02 Å². The van der Waals surface area contributed by atoms with Crippen LogP contribution in [0, 0.1) is 0 Å². The molecule has 0 saturated carbocycles. The Bertz CT molecular complexity index is 1230. The van der Waals surface area contributed by atoms with Crippen LogP contribution < -0.4 is 9.04 Å². The number of carbonyl (C=O) groups is 1. The summed E-state index contributed by atoms with van der Waals surface area (Å²) >= 11 is 6.19. The molecule has 29 heavy (non-hydrogen) atoms. The van der Waals surface area contributed by atoms with Crippen molar-refractivity contribution >= 4 is 44.0 Å². The lowest BCUT2D eigenvalue weighted by Gasteiger charge is -2.21. The fraction of sp³-hybridized carbons (Fsp3) is 0.238. The van der Waals surface area contributed by atoms with Gasteiger partial charge in [0.2, 0.25) is 10.0 Å². The van der Waals surface area contributed by atoms with Crippen LogP contribution in [0.1, 0.15) is 22.8 Å². The molecule has 150 valence electrons. The number of pyridine rings is 1. The molecule has 0 N–H and O–H groups in total. The monoisotopic (exact) mass is 430 g/mol. The van der Waals surface area contributed by atoms with E-state index in [1.54, 1.807) is 42.6 Å². The van der Waals surface area contributed by atoms with Crippen LogP contribution in [0.3, 0.4) is 0 Å². The van der Waals surface area contributed by atoms with Crippen LogP contribution in [0.15, 0.2) is 48.7 Å². The summed E-state index contributed by atoms with van der Waals surface area (Å²) < 4.78 is 31.2. The van der Waals surface area contributed by atoms with Gasteiger partial charge >= 0.3 is 0 Å². The number of ketones is 1. The summed E-state index contributed by atoms with van der Waals surface area (Å²) in [7, 11) is -3.36. The molecular weight excluding hydrogens is 412 g/mol. The zero-order valence-electron chi connectivity index (χ0n) is 15.9. The van der Waals surface area contributed by atoms with Crippen LogP contribution >= 0.6 is 11.6 Å². The van der Waals surface area contributed by atoms with Gasteiger partial charge in [0.1, 0.15) is 11.3 Å². The number of benzene rings is 2. The Morgan fingerprint density at radius 2 is 2.07 bits per heavy atom. The van der Waals surface area contributed by atoms with Gasteiger partial charge in [-0.25, -0.2) is 8.42 Å². The molecule has 0 saturated heterocycles. The summed E-state index contributed by atoms with van der Waals surface area (Å²) in [5, 5.41) is 1.32. The number of nitrogens with zero attached hydrogens (tertiary/aromatic N) is 2. The molecule has 1 aliphatic heterocycles. The van der Waals surface area contributed by atoms with E-state index in [0.29, 0.717) is 34.0 Å². The predicted octanol–water partition coefficient (Wildman–Crippen LogP) is 3.86. The smallest absolute Gasteiger partial charge is 0.232 e. The largest absolute Gasteiger partial charge is 0.483 e. The third-order valence-electron chi connectivity index (χ3n) is 4.95. The van der Waals surface area contributed by atoms with Gasteiger partial charge in [-0.15, -0.1) is 0 Å². The van der Waals surface area contributed by atoms with Gasteiger partial charge in [-0.05, 0) is 61.4 Å². The molecule has 0 aliphatic carbocycles. The first kappa shape index (κ1) is 19.7. The van der Waals surface area contributed by atoms with E-state index in [9.17, 15) is 13.2 Å². The van der Waals surface area contributed by atoms with E-state index >= 15 is 0 Å². The summed E-state index contributed by atoms with van der Waals surface area (Å²) in [4.78, 5) is 17.0. The molecule has 8 heteroatoms. The number of sulfonamides is 1. The molecule has 1 aliphatic rings. The highest BCUT2D eigenvalue weighted by atomic mass is 35.5. The van der Waals surface area contributed by atoms with Gasteiger partial charge in [-0.1, -0.05) is 11.6 Å². The van der Waals surface area contributed by atoms with Crippen molar-refractivity contribution in [1.29, 1.82) is 0 Å². The van der Waals surface area contributed by atoms with E-state index in [1.165, 1.54) is 10.6 Å². The summed E-state index contributed by atoms with van der Waals surface area (Å²) in [6.07, 6.45) is 3.40. The van der Waals surface area contributed by atoms with Gasteiger partial charge in [0.15, 0.2) is 12.4 Å². The third kappa shape index (κ3) is 3.68. The Hall–Kier alpha value is -2.64. The molecule has 0 amide bonds. The zero-order valence-corrected chi connectivity index (χ0v) is 17.5. The van der Waals surface area contributed by atoms with E-state index in [-0.39, 0.29) is 18.4 Å². The third-order valence-corrected chi connectivity index (χ3v) is 6.55. The van der Waals surface area contributed by atoms with Gasteiger partial charge in [-0.2, -0.15) is 0 Å². The van der Waals surface area contributed by atoms with Crippen molar-refractivity contribution in [2.24, 2.45) is 0 Å². The predicted molar refractivity (Wildman–Crippen MR) is 114 cm³/mol. The van der Waals surface area contributed by atoms with Gasteiger partial charge in [-0.3, -0.25) is 14.1 Å². The summed E-state index contributed by atoms with van der Waals surface area (Å²) in [5.41, 5.74) is 2.55. The Labute approximate surface area is 174 Å². The van der Waals surface area contributed by atoms with E-state index in [1.807, 2.05) is 13.0 Å². The van der Waals surface area contributed by atoms with E-state index in [4.69, 9.17) is 16.3 Å². The molecule has 0 bridgehead atoms. The minimum Gasteiger partial charge on any atom is -0.483 e. The number of halogens is 1. The standard InChI is InChI=1S/C21H19ClN2O4S/c1-13-10-15-11-14(5-7-18(15)24(13)29(2,26)27)19(25)12-28-20-8-6-17(22)16-4-3-9-23-21(16)20/h3-9,11,13H,10,12H2,1-2H3. The molecule has 2 heterocycles. The van der Waals surface area contributed by atoms with Crippen molar-refractivity contribution in [3.8, 4) is 5.75 Å². The highest BCUT2D eigenvalue weighted by Gasteiger charge is 2.32. The number of rotatable bonds is 5. The number of fused-ring (bicyclic) bond motifs is 2. The van der Waals surface area contributed by atoms with Crippen molar-refractivity contribution in [1.82, 2.24) is 4.98 Å². The SMILES string of the molecule is CC1Cc2cc(C(=O)COc3ccc(Cl)c4cccnc34)ccc2N1S(C)(=O)=O. The summed E-state index contributed by atoms with van der Waals surface area (Å²) in [6, 6.07) is 11.9. The first-order chi connectivity index (χ1) is 13.8. The molecule has 0 fully saturated rings. The number of Topliss-reactive ketones (excluding diaryl/α,β-unsaturated/α-hetero) is 1. The summed E-state index contributed by atoms with van der Waals surface area (Å²) in [5.74, 6) is 0.286. The fourth-order valence-corrected chi connectivity index (χ4v) is 5.22. The number of aromatic nitrogens is 1. The normalized spacial score (nSPS) is 16.1. The Balaban J connectivity index is 1.55. The Morgan fingerprint density at radius 1 is 1.28 bits per heavy atom. The van der Waals surface area contributed by atoms with Crippen molar-refractivity contribution in [3.05, 3.63) is 64.8 Å². The highest BCUT2D eigenvalue weighted by Crippen LogP contribution is 2.35. The lowest BCUT2D eigenvalue weighted by Crippen LogP contribution is -2.34. The minimum atomic E-state index is -3.36. The van der Waals surface area contributed by atoms with Crippen LogP contribution in [0.25, 0.3) is 10.9 Å². The summed E-state index contributed by atoms with van der Waals surface area (Å²) in [6.45, 7) is 1.70. The first-order valence-electron chi connectivity index (χ1n) is 9.07. The molecule has 1 aromatic heterocycles. The maximum absolute atomic E-state index is 12.7. The van der Waals surface area contributed by atoms with E-state index < -0.39 is 10.0 Å². The van der Waals surface area contributed by atoms with Gasteiger partial charge < -0.3 is 4.74 Å². The Morgan fingerprint density at radius 3 is 2.83 bits per heavy atom. The molecule has 1 unspecified atom stereocenters. The van der Waals surface area contributed by atoms with Crippen LogP contribution in [-0.2, 0) is 16.4 Å². The second kappa shape index (κ2) is 7.31. The molecule has 1 atom stereocenters. The molecule has 3 aromatic rings. The van der Waals surface area contributed by atoms with Crippen molar-refractivity contribution in [3.63, 3.8) is 0 Å². The minimum absolute atomic E-state index is 0.155. The fourth-order valence-electron chi connectivity index (χ4n) is 3.74. The Kier molecular flexibility index (Phi) is 4.96. The quantitative estimate of drug-likeness (QED) is 0.574. The first-order valence-corrected chi connectivity index (χ1v) is 11.3. The van der Waals surface area contributed by atoms with Gasteiger partial charge in [0.05, 0.1) is 17.0 Å². The maximum Gasteiger partial charge on any atom is 0.232 e. The van der Waals surface area contributed by atoms with Crippen LogP contribution in [0.5, 0.6) is 5.75 Å². The van der Waals surface area contributed by atoms with E-state index in [2.05, 4.69) is 4.98 Å². The van der Waals surface area contributed by atoms with Crippen LogP contribution in [0.4, 0.5) is 5.69 Å². The number of carbonyl (C=O) groups excluding carboxylic acids is 1. The zero-order chi connectivity index (χ0) is 20.8. The maximum atomic E-state index is 12.7. The van der Waals surface area contributed by atoms with Gasteiger partial charge in [0.25, 0.3) is 0 Å². The van der Waals surface area contributed by atoms with E-state index in [0.717, 1.165) is 10.9 Å². The second-order valence-electron chi connectivity index (χ2n) is 7.11. The molecule has 0 spiro atoms. The number of anilines is 1. The number of hydrogen-bond donors (Lipinski definition) is 0. The lowest BCUT2D eigenvalue weighted by molar-refractivity contribution is 0.0922. The molecule has 4 rings (SSSR count). The number of hydrogen-bond acceptors (Lipinski definition) is 5.